The summed E-state index contributed by atoms with van der Waals surface area (Å²) in [5.74, 6) is -1.69. The second-order valence-corrected chi connectivity index (χ2v) is 9.00. The molecule has 0 aliphatic heterocycles. The third-order valence-corrected chi connectivity index (χ3v) is 5.80. The molecule has 0 heterocycles. The Morgan fingerprint density at radius 1 is 1.18 bits per heavy atom. The van der Waals surface area contributed by atoms with Crippen molar-refractivity contribution in [3.8, 4) is 5.75 Å². The van der Waals surface area contributed by atoms with Crippen molar-refractivity contribution in [2.24, 2.45) is 5.92 Å². The largest absolute Gasteiger partial charge is 0.486 e. The molecule has 1 aliphatic rings. The van der Waals surface area contributed by atoms with Crippen LogP contribution in [0.3, 0.4) is 0 Å². The van der Waals surface area contributed by atoms with E-state index in [0.717, 1.165) is 25.3 Å². The first-order chi connectivity index (χ1) is 13.2. The zero-order valence-electron chi connectivity index (χ0n) is 16.1. The molecule has 1 aliphatic carbocycles. The Bertz CT molecular complexity index is 803. The summed E-state index contributed by atoms with van der Waals surface area (Å²) < 4.78 is 32.7. The van der Waals surface area contributed by atoms with Crippen LogP contribution in [0.1, 0.15) is 31.4 Å². The van der Waals surface area contributed by atoms with E-state index in [0.29, 0.717) is 16.9 Å². The molecule has 1 atom stereocenters. The van der Waals surface area contributed by atoms with E-state index in [9.17, 15) is 13.9 Å². The molecule has 0 saturated carbocycles. The number of benzene rings is 2. The van der Waals surface area contributed by atoms with Gasteiger partial charge in [0, 0.05) is 12.1 Å². The van der Waals surface area contributed by atoms with Gasteiger partial charge in [0.25, 0.3) is 0 Å². The van der Waals surface area contributed by atoms with Crippen LogP contribution in [-0.2, 0) is 12.8 Å². The number of fused-ring (bicyclic) bond motifs is 1. The Hall–Kier alpha value is -1.50. The maximum absolute atomic E-state index is 13.8. The number of nitrogens with one attached hydrogen (secondary N) is 1. The molecule has 0 bridgehead atoms. The molecule has 0 unspecified atom stereocenters. The summed E-state index contributed by atoms with van der Waals surface area (Å²) in [6.07, 6.45) is 2.31. The van der Waals surface area contributed by atoms with Gasteiger partial charge in [-0.25, -0.2) is 4.39 Å². The van der Waals surface area contributed by atoms with Crippen LogP contribution in [0, 0.1) is 17.6 Å². The van der Waals surface area contributed by atoms with E-state index in [1.807, 2.05) is 0 Å². The SMILES string of the molecule is CC(C)(CC1Cc2ccccc2C1)NC[C@@H](O)COc1c(Br)ccc(F)c1F. The third-order valence-electron chi connectivity index (χ3n) is 5.17. The highest BCUT2D eigenvalue weighted by atomic mass is 79.9. The number of aliphatic hydroxyl groups excluding tert-OH is 1. The van der Waals surface area contributed by atoms with Gasteiger partial charge in [0.1, 0.15) is 12.7 Å². The lowest BCUT2D eigenvalue weighted by Crippen LogP contribution is -2.46. The van der Waals surface area contributed by atoms with Crippen LogP contribution in [0.5, 0.6) is 5.75 Å². The van der Waals surface area contributed by atoms with E-state index >= 15 is 0 Å². The number of aliphatic hydroxyl groups is 1. The molecule has 3 nitrogen and oxygen atoms in total. The van der Waals surface area contributed by atoms with Gasteiger partial charge in [-0.15, -0.1) is 0 Å². The van der Waals surface area contributed by atoms with Crippen molar-refractivity contribution in [1.29, 1.82) is 0 Å². The van der Waals surface area contributed by atoms with Gasteiger partial charge < -0.3 is 15.2 Å². The monoisotopic (exact) mass is 453 g/mol. The Balaban J connectivity index is 1.46. The molecule has 28 heavy (non-hydrogen) atoms. The highest BCUT2D eigenvalue weighted by Gasteiger charge is 2.28. The van der Waals surface area contributed by atoms with E-state index in [4.69, 9.17) is 4.74 Å². The van der Waals surface area contributed by atoms with Gasteiger partial charge in [-0.2, -0.15) is 4.39 Å². The Labute approximate surface area is 173 Å². The van der Waals surface area contributed by atoms with Crippen molar-refractivity contribution < 1.29 is 18.6 Å². The van der Waals surface area contributed by atoms with Crippen molar-refractivity contribution >= 4 is 15.9 Å². The number of halogens is 3. The smallest absolute Gasteiger partial charge is 0.201 e. The van der Waals surface area contributed by atoms with Gasteiger partial charge in [0.15, 0.2) is 11.6 Å². The number of β-amino-alcohol motifs (C(OH)–C–C–N with tert-alkyl or cyclic N) is 1. The van der Waals surface area contributed by atoms with Crippen molar-refractivity contribution in [3.05, 3.63) is 63.6 Å². The lowest BCUT2D eigenvalue weighted by molar-refractivity contribution is 0.0938. The highest BCUT2D eigenvalue weighted by Crippen LogP contribution is 2.32. The van der Waals surface area contributed by atoms with Crippen LogP contribution >= 0.6 is 15.9 Å². The molecule has 0 saturated heterocycles. The minimum atomic E-state index is -1.06. The average Bonchev–Trinajstić information content (AvgIpc) is 3.04. The summed E-state index contributed by atoms with van der Waals surface area (Å²) >= 11 is 3.13. The van der Waals surface area contributed by atoms with Gasteiger partial charge in [-0.3, -0.25) is 0 Å². The first-order valence-electron chi connectivity index (χ1n) is 9.51. The number of rotatable bonds is 8. The van der Waals surface area contributed by atoms with Crippen molar-refractivity contribution in [1.82, 2.24) is 5.32 Å². The summed E-state index contributed by atoms with van der Waals surface area (Å²) in [5.41, 5.74) is 2.71. The number of ether oxygens (including phenoxy) is 1. The zero-order valence-corrected chi connectivity index (χ0v) is 17.7. The van der Waals surface area contributed by atoms with Crippen molar-refractivity contribution in [2.45, 2.75) is 44.8 Å². The van der Waals surface area contributed by atoms with Gasteiger partial charge in [-0.05, 0) is 78.2 Å². The molecule has 0 aromatic heterocycles. The lowest BCUT2D eigenvalue weighted by atomic mass is 9.88. The molecule has 2 aromatic rings. The van der Waals surface area contributed by atoms with Gasteiger partial charge in [0.2, 0.25) is 5.82 Å². The summed E-state index contributed by atoms with van der Waals surface area (Å²) in [6, 6.07) is 11.0. The maximum Gasteiger partial charge on any atom is 0.201 e. The number of hydrogen-bond donors (Lipinski definition) is 2. The molecule has 2 N–H and O–H groups in total. The second-order valence-electron chi connectivity index (χ2n) is 8.15. The number of hydrogen-bond acceptors (Lipinski definition) is 3. The molecular formula is C22H26BrF2NO2. The van der Waals surface area contributed by atoms with Gasteiger partial charge in [0.05, 0.1) is 4.47 Å². The molecule has 2 aromatic carbocycles. The predicted octanol–water partition coefficient (Wildman–Crippen LogP) is 4.64. The summed E-state index contributed by atoms with van der Waals surface area (Å²) in [4.78, 5) is 0. The fourth-order valence-corrected chi connectivity index (χ4v) is 4.28. The third kappa shape index (κ3) is 5.31. The second kappa shape index (κ2) is 8.89. The van der Waals surface area contributed by atoms with Crippen molar-refractivity contribution in [2.75, 3.05) is 13.2 Å². The van der Waals surface area contributed by atoms with E-state index in [1.54, 1.807) is 0 Å². The van der Waals surface area contributed by atoms with Gasteiger partial charge in [-0.1, -0.05) is 24.3 Å². The molecule has 6 heteroatoms. The van der Waals surface area contributed by atoms with Crippen molar-refractivity contribution in [3.63, 3.8) is 0 Å². The fraction of sp³-hybridized carbons (Fsp3) is 0.455. The van der Waals surface area contributed by atoms with E-state index in [2.05, 4.69) is 59.4 Å². The molecule has 0 radical (unpaired) electrons. The zero-order chi connectivity index (χ0) is 20.3. The molecule has 0 fully saturated rings. The molecular weight excluding hydrogens is 428 g/mol. The van der Waals surface area contributed by atoms with Crippen LogP contribution in [0.15, 0.2) is 40.9 Å². The van der Waals surface area contributed by atoms with Crippen LogP contribution in [0.4, 0.5) is 8.78 Å². The van der Waals surface area contributed by atoms with Crippen LogP contribution < -0.4 is 10.1 Å². The van der Waals surface area contributed by atoms with E-state index in [-0.39, 0.29) is 17.9 Å². The quantitative estimate of drug-likeness (QED) is 0.572. The van der Waals surface area contributed by atoms with Crippen LogP contribution in [0.2, 0.25) is 0 Å². The highest BCUT2D eigenvalue weighted by molar-refractivity contribution is 9.10. The Morgan fingerprint density at radius 3 is 2.46 bits per heavy atom. The minimum absolute atomic E-state index is 0.128. The Morgan fingerprint density at radius 2 is 1.82 bits per heavy atom. The van der Waals surface area contributed by atoms with Crippen LogP contribution in [-0.4, -0.2) is 29.9 Å². The summed E-state index contributed by atoms with van der Waals surface area (Å²) in [6.45, 7) is 4.41. The summed E-state index contributed by atoms with van der Waals surface area (Å²) in [5, 5.41) is 13.6. The molecule has 0 amide bonds. The van der Waals surface area contributed by atoms with Crippen LogP contribution in [0.25, 0.3) is 0 Å². The Kier molecular flexibility index (Phi) is 6.73. The molecule has 3 rings (SSSR count). The van der Waals surface area contributed by atoms with Gasteiger partial charge >= 0.3 is 0 Å². The average molecular weight is 454 g/mol. The summed E-state index contributed by atoms with van der Waals surface area (Å²) in [7, 11) is 0. The topological polar surface area (TPSA) is 41.5 Å². The molecule has 152 valence electrons. The standard InChI is InChI=1S/C22H26BrF2NO2/c1-22(2,11-14-9-15-5-3-4-6-16(15)10-14)26-12-17(27)13-28-21-18(23)7-8-19(24)20(21)25/h3-8,14,17,26-27H,9-13H2,1-2H3/t17-/m1/s1. The predicted molar refractivity (Wildman–Crippen MR) is 110 cm³/mol. The normalized spacial score (nSPS) is 15.5. The van der Waals surface area contributed by atoms with E-state index in [1.165, 1.54) is 17.2 Å². The fourth-order valence-electron chi connectivity index (χ4n) is 3.86. The maximum atomic E-state index is 13.8. The molecule has 0 spiro atoms. The van der Waals surface area contributed by atoms with E-state index < -0.39 is 17.7 Å². The first-order valence-corrected chi connectivity index (χ1v) is 10.3. The lowest BCUT2D eigenvalue weighted by Gasteiger charge is -2.30. The first kappa shape index (κ1) is 21.2. The minimum Gasteiger partial charge on any atom is -0.486 e.